The normalized spacial score (nSPS) is 14.6. The van der Waals surface area contributed by atoms with E-state index >= 15 is 0 Å². The van der Waals surface area contributed by atoms with E-state index in [9.17, 15) is 14.9 Å². The van der Waals surface area contributed by atoms with Crippen LogP contribution in [0.15, 0.2) is 42.5 Å². The lowest BCUT2D eigenvalue weighted by atomic mass is 10.1. The van der Waals surface area contributed by atoms with Crippen LogP contribution in [0.4, 0.5) is 11.4 Å². The molecule has 1 heterocycles. The number of anilines is 1. The van der Waals surface area contributed by atoms with Gasteiger partial charge in [0.05, 0.1) is 18.1 Å². The number of carbonyl (C=O) groups is 1. The Hall–Kier alpha value is -3.09. The average Bonchev–Trinajstić information content (AvgIpc) is 3.26. The number of rotatable bonds is 6. The molecule has 2 aromatic rings. The van der Waals surface area contributed by atoms with Crippen LogP contribution in [-0.4, -0.2) is 43.0 Å². The molecule has 1 aliphatic heterocycles. The first-order valence-corrected chi connectivity index (χ1v) is 9.37. The van der Waals surface area contributed by atoms with Gasteiger partial charge in [0.1, 0.15) is 11.4 Å². The topological polar surface area (TPSA) is 75.9 Å². The molecule has 148 valence electrons. The van der Waals surface area contributed by atoms with Crippen LogP contribution in [0.5, 0.6) is 5.75 Å². The molecular weight excluding hydrogens is 358 g/mol. The summed E-state index contributed by atoms with van der Waals surface area (Å²) in [6.45, 7) is 3.54. The minimum absolute atomic E-state index is 0.0155. The Balaban J connectivity index is 1.83. The lowest BCUT2D eigenvalue weighted by Gasteiger charge is -2.26. The van der Waals surface area contributed by atoms with Crippen LogP contribution in [0.1, 0.15) is 41.7 Å². The first kappa shape index (κ1) is 19.7. The van der Waals surface area contributed by atoms with Crippen molar-refractivity contribution in [3.05, 3.63) is 63.7 Å². The maximum atomic E-state index is 13.0. The summed E-state index contributed by atoms with van der Waals surface area (Å²) in [6.07, 6.45) is 2.06. The summed E-state index contributed by atoms with van der Waals surface area (Å²) in [6, 6.07) is 12.1. The van der Waals surface area contributed by atoms with Crippen LogP contribution >= 0.6 is 0 Å². The summed E-state index contributed by atoms with van der Waals surface area (Å²) in [7, 11) is 3.31. The monoisotopic (exact) mass is 383 g/mol. The highest BCUT2D eigenvalue weighted by molar-refractivity contribution is 5.96. The number of methoxy groups -OCH3 is 1. The van der Waals surface area contributed by atoms with Gasteiger partial charge in [-0.25, -0.2) is 0 Å². The molecule has 1 saturated heterocycles. The minimum Gasteiger partial charge on any atom is -0.497 e. The zero-order chi connectivity index (χ0) is 20.3. The van der Waals surface area contributed by atoms with Gasteiger partial charge in [-0.05, 0) is 49.6 Å². The van der Waals surface area contributed by atoms with Crippen molar-refractivity contribution in [2.45, 2.75) is 25.8 Å². The molecular formula is C21H25N3O4. The molecule has 1 atom stereocenters. The van der Waals surface area contributed by atoms with Gasteiger partial charge in [-0.3, -0.25) is 14.9 Å². The number of carbonyl (C=O) groups excluding carboxylic acids is 1. The third-order valence-electron chi connectivity index (χ3n) is 5.37. The molecule has 0 radical (unpaired) electrons. The van der Waals surface area contributed by atoms with Crippen LogP contribution in [0.2, 0.25) is 0 Å². The van der Waals surface area contributed by atoms with E-state index in [1.807, 2.05) is 36.1 Å². The summed E-state index contributed by atoms with van der Waals surface area (Å²) >= 11 is 0. The van der Waals surface area contributed by atoms with Crippen LogP contribution in [0.3, 0.4) is 0 Å². The molecule has 1 aliphatic rings. The maximum Gasteiger partial charge on any atom is 0.293 e. The molecule has 0 saturated carbocycles. The number of ether oxygens (including phenoxy) is 1. The highest BCUT2D eigenvalue weighted by Crippen LogP contribution is 2.32. The second kappa shape index (κ2) is 8.29. The third-order valence-corrected chi connectivity index (χ3v) is 5.37. The number of nitro groups is 1. The molecule has 28 heavy (non-hydrogen) atoms. The Morgan fingerprint density at radius 2 is 1.82 bits per heavy atom. The lowest BCUT2D eigenvalue weighted by Crippen LogP contribution is -2.30. The summed E-state index contributed by atoms with van der Waals surface area (Å²) in [5.74, 6) is 0.498. The summed E-state index contributed by atoms with van der Waals surface area (Å²) < 4.78 is 5.17. The van der Waals surface area contributed by atoms with Crippen molar-refractivity contribution in [2.75, 3.05) is 32.1 Å². The molecule has 2 aromatic carbocycles. The van der Waals surface area contributed by atoms with Crippen LogP contribution < -0.4 is 9.64 Å². The number of nitro benzene ring substituents is 1. The maximum absolute atomic E-state index is 13.0. The van der Waals surface area contributed by atoms with Crippen molar-refractivity contribution in [1.82, 2.24) is 4.90 Å². The first-order chi connectivity index (χ1) is 13.4. The second-order valence-corrected chi connectivity index (χ2v) is 7.02. The summed E-state index contributed by atoms with van der Waals surface area (Å²) in [5, 5.41) is 11.6. The molecule has 0 N–H and O–H groups in total. The number of benzene rings is 2. The van der Waals surface area contributed by atoms with Crippen molar-refractivity contribution in [2.24, 2.45) is 0 Å². The fourth-order valence-corrected chi connectivity index (χ4v) is 3.51. The van der Waals surface area contributed by atoms with E-state index in [0.717, 1.165) is 37.2 Å². The van der Waals surface area contributed by atoms with E-state index in [-0.39, 0.29) is 17.6 Å². The molecule has 1 fully saturated rings. The Morgan fingerprint density at radius 1 is 1.18 bits per heavy atom. The van der Waals surface area contributed by atoms with E-state index < -0.39 is 4.92 Å². The van der Waals surface area contributed by atoms with E-state index in [1.165, 1.54) is 6.07 Å². The predicted octanol–water partition coefficient (Wildman–Crippen LogP) is 4.04. The zero-order valence-electron chi connectivity index (χ0n) is 16.4. The molecule has 7 nitrogen and oxygen atoms in total. The van der Waals surface area contributed by atoms with Gasteiger partial charge in [0, 0.05) is 31.8 Å². The molecule has 0 spiro atoms. The van der Waals surface area contributed by atoms with E-state index in [1.54, 1.807) is 31.2 Å². The van der Waals surface area contributed by atoms with Crippen LogP contribution in [-0.2, 0) is 0 Å². The standard InChI is InChI=1S/C21H25N3O4/c1-15(16-6-9-18(28-3)10-7-16)22(2)21(25)17-8-11-19(20(14-17)24(26)27)23-12-4-5-13-23/h6-11,14-15H,4-5,12-13H2,1-3H3. The van der Waals surface area contributed by atoms with Gasteiger partial charge in [-0.15, -0.1) is 0 Å². The van der Waals surface area contributed by atoms with Gasteiger partial charge in [-0.1, -0.05) is 12.1 Å². The molecule has 7 heteroatoms. The fourth-order valence-electron chi connectivity index (χ4n) is 3.51. The Labute approximate surface area is 164 Å². The van der Waals surface area contributed by atoms with Gasteiger partial charge >= 0.3 is 0 Å². The van der Waals surface area contributed by atoms with E-state index in [4.69, 9.17) is 4.74 Å². The number of nitrogens with zero attached hydrogens (tertiary/aromatic N) is 3. The van der Waals surface area contributed by atoms with Gasteiger partial charge in [0.2, 0.25) is 0 Å². The van der Waals surface area contributed by atoms with Crippen LogP contribution in [0.25, 0.3) is 0 Å². The SMILES string of the molecule is COc1ccc(C(C)N(C)C(=O)c2ccc(N3CCCC3)c([N+](=O)[O-])c2)cc1. The van der Waals surface area contributed by atoms with E-state index in [0.29, 0.717) is 11.3 Å². The second-order valence-electron chi connectivity index (χ2n) is 7.02. The van der Waals surface area contributed by atoms with Crippen LogP contribution in [0, 0.1) is 10.1 Å². The van der Waals surface area contributed by atoms with Gasteiger partial charge in [0.15, 0.2) is 0 Å². The van der Waals surface area contributed by atoms with Crippen molar-refractivity contribution in [3.8, 4) is 5.75 Å². The highest BCUT2D eigenvalue weighted by atomic mass is 16.6. The Bertz CT molecular complexity index is 860. The molecule has 3 rings (SSSR count). The first-order valence-electron chi connectivity index (χ1n) is 9.37. The highest BCUT2D eigenvalue weighted by Gasteiger charge is 2.26. The number of amides is 1. The van der Waals surface area contributed by atoms with Gasteiger partial charge in [0.25, 0.3) is 11.6 Å². The summed E-state index contributed by atoms with van der Waals surface area (Å²) in [4.78, 5) is 27.7. The van der Waals surface area contributed by atoms with Crippen molar-refractivity contribution < 1.29 is 14.5 Å². The van der Waals surface area contributed by atoms with E-state index in [2.05, 4.69) is 0 Å². The number of hydrogen-bond donors (Lipinski definition) is 0. The zero-order valence-corrected chi connectivity index (χ0v) is 16.4. The van der Waals surface area contributed by atoms with Gasteiger partial charge in [-0.2, -0.15) is 0 Å². The molecule has 1 amide bonds. The van der Waals surface area contributed by atoms with Crippen molar-refractivity contribution in [1.29, 1.82) is 0 Å². The summed E-state index contributed by atoms with van der Waals surface area (Å²) in [5.41, 5.74) is 1.85. The average molecular weight is 383 g/mol. The molecule has 0 bridgehead atoms. The molecule has 1 unspecified atom stereocenters. The minimum atomic E-state index is -0.405. The predicted molar refractivity (Wildman–Crippen MR) is 108 cm³/mol. The lowest BCUT2D eigenvalue weighted by molar-refractivity contribution is -0.384. The smallest absolute Gasteiger partial charge is 0.293 e. The quantitative estimate of drug-likeness (QED) is 0.556. The Kier molecular flexibility index (Phi) is 5.82. The van der Waals surface area contributed by atoms with Crippen molar-refractivity contribution >= 4 is 17.3 Å². The van der Waals surface area contributed by atoms with Crippen molar-refractivity contribution in [3.63, 3.8) is 0 Å². The largest absolute Gasteiger partial charge is 0.497 e. The third kappa shape index (κ3) is 3.93. The fraction of sp³-hybridized carbons (Fsp3) is 0.381. The Morgan fingerprint density at radius 3 is 2.39 bits per heavy atom. The molecule has 0 aromatic heterocycles. The molecule has 0 aliphatic carbocycles. The van der Waals surface area contributed by atoms with Gasteiger partial charge < -0.3 is 14.5 Å². The number of hydrogen-bond acceptors (Lipinski definition) is 5.